The van der Waals surface area contributed by atoms with E-state index < -0.39 is 0 Å². The van der Waals surface area contributed by atoms with Crippen LogP contribution in [0.25, 0.3) is 0 Å². The lowest BCUT2D eigenvalue weighted by Crippen LogP contribution is -2.32. The van der Waals surface area contributed by atoms with Crippen molar-refractivity contribution in [3.63, 3.8) is 0 Å². The molecule has 2 nitrogen and oxygen atoms in total. The summed E-state index contributed by atoms with van der Waals surface area (Å²) in [4.78, 5) is 10.8. The fourth-order valence-electron chi connectivity index (χ4n) is 0.954. The van der Waals surface area contributed by atoms with Crippen molar-refractivity contribution in [2.24, 2.45) is 5.92 Å². The van der Waals surface area contributed by atoms with E-state index in [-0.39, 0.29) is 5.91 Å². The van der Waals surface area contributed by atoms with E-state index in [1.807, 2.05) is 13.0 Å². The molecule has 0 radical (unpaired) electrons. The lowest BCUT2D eigenvalue weighted by Gasteiger charge is -2.15. The van der Waals surface area contributed by atoms with Crippen molar-refractivity contribution < 1.29 is 4.79 Å². The van der Waals surface area contributed by atoms with Crippen LogP contribution in [0.4, 0.5) is 0 Å². The van der Waals surface area contributed by atoms with Gasteiger partial charge in [0, 0.05) is 12.1 Å². The Bertz CT molecular complexity index is 160. The van der Waals surface area contributed by atoms with Gasteiger partial charge in [0.25, 0.3) is 0 Å². The first-order chi connectivity index (χ1) is 4.20. The van der Waals surface area contributed by atoms with Crippen molar-refractivity contribution in [1.29, 1.82) is 0 Å². The van der Waals surface area contributed by atoms with Gasteiger partial charge in [-0.1, -0.05) is 13.0 Å². The molecule has 0 spiro atoms. The van der Waals surface area contributed by atoms with Gasteiger partial charge in [0.2, 0.25) is 5.91 Å². The number of hydrogen-bond donors (Lipinski definition) is 1. The summed E-state index contributed by atoms with van der Waals surface area (Å²) in [5.41, 5.74) is 0.841. The number of carbonyl (C=O) groups excluding carboxylic acids is 1. The summed E-state index contributed by atoms with van der Waals surface area (Å²) in [5, 5.41) is 2.77. The zero-order valence-electron chi connectivity index (χ0n) is 5.77. The highest BCUT2D eigenvalue weighted by molar-refractivity contribution is 5.93. The molecule has 0 aliphatic carbocycles. The molecule has 0 aromatic rings. The normalized spacial score (nSPS) is 27.1. The van der Waals surface area contributed by atoms with Gasteiger partial charge in [-0.05, 0) is 12.8 Å². The fourth-order valence-corrected chi connectivity index (χ4v) is 0.954. The van der Waals surface area contributed by atoms with Crippen LogP contribution in [-0.4, -0.2) is 12.5 Å². The van der Waals surface area contributed by atoms with E-state index in [0.29, 0.717) is 5.92 Å². The predicted molar refractivity (Wildman–Crippen MR) is 35.9 cm³/mol. The van der Waals surface area contributed by atoms with E-state index in [1.165, 1.54) is 0 Å². The second kappa shape index (κ2) is 2.21. The zero-order chi connectivity index (χ0) is 6.85. The molecule has 1 N–H and O–H groups in total. The average molecular weight is 125 g/mol. The molecule has 1 atom stereocenters. The zero-order valence-corrected chi connectivity index (χ0v) is 5.77. The first-order valence-corrected chi connectivity index (χ1v) is 3.17. The molecule has 0 saturated carbocycles. The maximum absolute atomic E-state index is 10.8. The van der Waals surface area contributed by atoms with Gasteiger partial charge in [-0.15, -0.1) is 0 Å². The fraction of sp³-hybridized carbons (Fsp3) is 0.571. The number of hydrogen-bond acceptors (Lipinski definition) is 1. The van der Waals surface area contributed by atoms with Crippen molar-refractivity contribution in [1.82, 2.24) is 5.32 Å². The Balaban J connectivity index is 2.72. The molecule has 0 fully saturated rings. The molecule has 0 bridgehead atoms. The first kappa shape index (κ1) is 6.33. The molecule has 1 aliphatic rings. The van der Waals surface area contributed by atoms with Crippen LogP contribution in [0.15, 0.2) is 11.6 Å². The van der Waals surface area contributed by atoms with E-state index in [9.17, 15) is 4.79 Å². The van der Waals surface area contributed by atoms with Gasteiger partial charge in [0.15, 0.2) is 0 Å². The van der Waals surface area contributed by atoms with Crippen LogP contribution >= 0.6 is 0 Å². The van der Waals surface area contributed by atoms with Crippen LogP contribution in [0.1, 0.15) is 13.8 Å². The van der Waals surface area contributed by atoms with Gasteiger partial charge in [-0.25, -0.2) is 0 Å². The second-order valence-corrected chi connectivity index (χ2v) is 2.54. The minimum atomic E-state index is 0.0769. The van der Waals surface area contributed by atoms with Crippen molar-refractivity contribution in [3.05, 3.63) is 11.6 Å². The predicted octanol–water partition coefficient (Wildman–Crippen LogP) is 0.699. The Morgan fingerprint density at radius 3 is 2.89 bits per heavy atom. The van der Waals surface area contributed by atoms with Crippen LogP contribution in [0.3, 0.4) is 0 Å². The van der Waals surface area contributed by atoms with Crippen LogP contribution in [0, 0.1) is 5.92 Å². The third-order valence-corrected chi connectivity index (χ3v) is 1.48. The van der Waals surface area contributed by atoms with E-state index in [2.05, 4.69) is 12.2 Å². The van der Waals surface area contributed by atoms with Gasteiger partial charge < -0.3 is 5.32 Å². The molecule has 0 aromatic heterocycles. The Hall–Kier alpha value is -0.790. The number of nitrogens with one attached hydrogen (secondary N) is 1. The van der Waals surface area contributed by atoms with E-state index >= 15 is 0 Å². The lowest BCUT2D eigenvalue weighted by atomic mass is 10.0. The van der Waals surface area contributed by atoms with E-state index in [1.54, 1.807) is 0 Å². The summed E-state index contributed by atoms with van der Waals surface area (Å²) in [7, 11) is 0. The molecule has 2 heteroatoms. The number of carbonyl (C=O) groups is 1. The van der Waals surface area contributed by atoms with E-state index in [4.69, 9.17) is 0 Å². The molecule has 1 aliphatic heterocycles. The maximum Gasteiger partial charge on any atom is 0.246 e. The number of amides is 1. The molecule has 0 aromatic carbocycles. The quantitative estimate of drug-likeness (QED) is 0.507. The highest BCUT2D eigenvalue weighted by Gasteiger charge is 2.11. The molecule has 9 heavy (non-hydrogen) atoms. The van der Waals surface area contributed by atoms with E-state index in [0.717, 1.165) is 12.1 Å². The van der Waals surface area contributed by atoms with Gasteiger partial charge in [-0.3, -0.25) is 4.79 Å². The smallest absolute Gasteiger partial charge is 0.246 e. The summed E-state index contributed by atoms with van der Waals surface area (Å²) in [5.74, 6) is 0.579. The molecule has 1 heterocycles. The van der Waals surface area contributed by atoms with Crippen molar-refractivity contribution in [3.8, 4) is 0 Å². The van der Waals surface area contributed by atoms with Crippen LogP contribution in [0.2, 0.25) is 0 Å². The second-order valence-electron chi connectivity index (χ2n) is 2.54. The molecule has 0 saturated heterocycles. The largest absolute Gasteiger partial charge is 0.352 e. The van der Waals surface area contributed by atoms with Crippen molar-refractivity contribution in [2.75, 3.05) is 6.54 Å². The molecular formula is C7H11NO. The van der Waals surface area contributed by atoms with Crippen LogP contribution in [0.5, 0.6) is 0 Å². The summed E-state index contributed by atoms with van der Waals surface area (Å²) >= 11 is 0. The maximum atomic E-state index is 10.8. The topological polar surface area (TPSA) is 29.1 Å². The first-order valence-electron chi connectivity index (χ1n) is 3.17. The molecule has 1 rings (SSSR count). The SMILES string of the molecule is CC1=CC(C)CNC1=O. The summed E-state index contributed by atoms with van der Waals surface area (Å²) in [6.45, 7) is 4.71. The van der Waals surface area contributed by atoms with Gasteiger partial charge in [-0.2, -0.15) is 0 Å². The molecule has 1 amide bonds. The standard InChI is InChI=1S/C7H11NO/c1-5-3-6(2)7(9)8-4-5/h3,5H,4H2,1-2H3,(H,8,9). The molecule has 50 valence electrons. The Morgan fingerprint density at radius 2 is 2.44 bits per heavy atom. The monoisotopic (exact) mass is 125 g/mol. The summed E-state index contributed by atoms with van der Waals surface area (Å²) in [6, 6.07) is 0. The Labute approximate surface area is 54.9 Å². The van der Waals surface area contributed by atoms with Crippen molar-refractivity contribution in [2.45, 2.75) is 13.8 Å². The summed E-state index contributed by atoms with van der Waals surface area (Å²) in [6.07, 6.45) is 2.00. The summed E-state index contributed by atoms with van der Waals surface area (Å²) < 4.78 is 0. The third kappa shape index (κ3) is 1.31. The Kier molecular flexibility index (Phi) is 1.56. The van der Waals surface area contributed by atoms with Gasteiger partial charge in [0.05, 0.1) is 0 Å². The number of rotatable bonds is 0. The molecule has 1 unspecified atom stereocenters. The highest BCUT2D eigenvalue weighted by atomic mass is 16.1. The lowest BCUT2D eigenvalue weighted by molar-refractivity contribution is -0.118. The van der Waals surface area contributed by atoms with Crippen LogP contribution in [-0.2, 0) is 4.79 Å². The van der Waals surface area contributed by atoms with Gasteiger partial charge >= 0.3 is 0 Å². The third-order valence-electron chi connectivity index (χ3n) is 1.48. The minimum Gasteiger partial charge on any atom is -0.352 e. The minimum absolute atomic E-state index is 0.0769. The van der Waals surface area contributed by atoms with Crippen molar-refractivity contribution >= 4 is 5.91 Å². The van der Waals surface area contributed by atoms with Gasteiger partial charge in [0.1, 0.15) is 0 Å². The van der Waals surface area contributed by atoms with Crippen LogP contribution < -0.4 is 5.32 Å². The average Bonchev–Trinajstić information content (AvgIpc) is 1.80. The highest BCUT2D eigenvalue weighted by Crippen LogP contribution is 2.06. The Morgan fingerprint density at radius 1 is 1.78 bits per heavy atom. The molecular weight excluding hydrogens is 114 g/mol.